The molecule has 0 aliphatic heterocycles. The molecule has 1 heterocycles. The van der Waals surface area contributed by atoms with Gasteiger partial charge in [-0.2, -0.15) is 5.10 Å². The molecular formula is C16H14N2. The predicted octanol–water partition coefficient (Wildman–Crippen LogP) is 4.05. The monoisotopic (exact) mass is 234 g/mol. The van der Waals surface area contributed by atoms with Gasteiger partial charge in [0.25, 0.3) is 0 Å². The minimum absolute atomic E-state index is 0.993. The molecule has 0 saturated heterocycles. The largest absolute Gasteiger partial charge is 0.277 e. The maximum atomic E-state index is 4.40. The van der Waals surface area contributed by atoms with Crippen LogP contribution < -0.4 is 0 Å². The fourth-order valence-corrected chi connectivity index (χ4v) is 2.09. The zero-order chi connectivity index (χ0) is 12.4. The Balaban J connectivity index is 2.03. The zero-order valence-electron chi connectivity index (χ0n) is 10.2. The number of rotatable bonds is 2. The van der Waals surface area contributed by atoms with Crippen LogP contribution in [-0.2, 0) is 0 Å². The summed E-state index contributed by atoms with van der Waals surface area (Å²) < 4.78 is 0. The van der Waals surface area contributed by atoms with Gasteiger partial charge >= 0.3 is 0 Å². The maximum Gasteiger partial charge on any atom is 0.0929 e. The van der Waals surface area contributed by atoms with E-state index in [-0.39, 0.29) is 0 Å². The van der Waals surface area contributed by atoms with Crippen LogP contribution in [0.5, 0.6) is 0 Å². The lowest BCUT2D eigenvalue weighted by Crippen LogP contribution is -1.81. The third-order valence-electron chi connectivity index (χ3n) is 3.08. The molecule has 2 heteroatoms. The molecule has 0 aliphatic rings. The molecule has 0 amide bonds. The molecule has 0 spiro atoms. The van der Waals surface area contributed by atoms with Crippen LogP contribution >= 0.6 is 0 Å². The Hall–Kier alpha value is -2.35. The Morgan fingerprint density at radius 3 is 2.39 bits per heavy atom. The number of aromatic nitrogens is 2. The summed E-state index contributed by atoms with van der Waals surface area (Å²) in [6.45, 7) is 2.10. The molecule has 88 valence electrons. The van der Waals surface area contributed by atoms with E-state index in [2.05, 4.69) is 47.5 Å². The standard InChI is InChI=1S/C16H14N2/c1-12-7-5-6-10-14(12)16-11-15(17-18-16)13-8-3-2-4-9-13/h2-11H,1H3,(H,17,18). The second kappa shape index (κ2) is 4.49. The van der Waals surface area contributed by atoms with Crippen molar-refractivity contribution in [3.63, 3.8) is 0 Å². The minimum Gasteiger partial charge on any atom is -0.277 e. The Kier molecular flexibility index (Phi) is 2.69. The number of H-pyrrole nitrogens is 1. The van der Waals surface area contributed by atoms with Gasteiger partial charge in [0, 0.05) is 5.56 Å². The third-order valence-corrected chi connectivity index (χ3v) is 3.08. The molecule has 2 aromatic carbocycles. The Bertz CT molecular complexity index is 654. The molecule has 3 aromatic rings. The first-order valence-electron chi connectivity index (χ1n) is 6.01. The molecule has 0 radical (unpaired) electrons. The van der Waals surface area contributed by atoms with Crippen LogP contribution in [0.25, 0.3) is 22.5 Å². The molecule has 18 heavy (non-hydrogen) atoms. The Morgan fingerprint density at radius 2 is 1.61 bits per heavy atom. The molecule has 1 N–H and O–H groups in total. The van der Waals surface area contributed by atoms with Gasteiger partial charge in [-0.25, -0.2) is 0 Å². The van der Waals surface area contributed by atoms with Crippen LogP contribution in [0.4, 0.5) is 0 Å². The van der Waals surface area contributed by atoms with Crippen molar-refractivity contribution in [2.45, 2.75) is 6.92 Å². The lowest BCUT2D eigenvalue weighted by molar-refractivity contribution is 1.10. The smallest absolute Gasteiger partial charge is 0.0929 e. The first kappa shape index (κ1) is 10.8. The van der Waals surface area contributed by atoms with Crippen LogP contribution in [-0.4, -0.2) is 10.2 Å². The van der Waals surface area contributed by atoms with Gasteiger partial charge in [0.1, 0.15) is 0 Å². The second-order valence-corrected chi connectivity index (χ2v) is 4.35. The van der Waals surface area contributed by atoms with Gasteiger partial charge in [0.05, 0.1) is 11.4 Å². The summed E-state index contributed by atoms with van der Waals surface area (Å²) in [4.78, 5) is 0. The first-order chi connectivity index (χ1) is 8.84. The Morgan fingerprint density at radius 1 is 0.889 bits per heavy atom. The summed E-state index contributed by atoms with van der Waals surface area (Å²) in [5.74, 6) is 0. The topological polar surface area (TPSA) is 28.7 Å². The quantitative estimate of drug-likeness (QED) is 0.712. The number of hydrogen-bond donors (Lipinski definition) is 1. The summed E-state index contributed by atoms with van der Waals surface area (Å²) in [7, 11) is 0. The van der Waals surface area contributed by atoms with Crippen molar-refractivity contribution in [2.24, 2.45) is 0 Å². The average molecular weight is 234 g/mol. The summed E-state index contributed by atoms with van der Waals surface area (Å²) in [5, 5.41) is 7.50. The molecule has 0 saturated carbocycles. The van der Waals surface area contributed by atoms with Crippen molar-refractivity contribution in [3.8, 4) is 22.5 Å². The SMILES string of the molecule is Cc1ccccc1-c1cc(-c2ccccc2)[nH]n1. The second-order valence-electron chi connectivity index (χ2n) is 4.35. The van der Waals surface area contributed by atoms with E-state index in [0.717, 1.165) is 17.0 Å². The van der Waals surface area contributed by atoms with Gasteiger partial charge in [-0.3, -0.25) is 5.10 Å². The molecular weight excluding hydrogens is 220 g/mol. The average Bonchev–Trinajstić information content (AvgIpc) is 2.90. The van der Waals surface area contributed by atoms with Crippen molar-refractivity contribution in [1.82, 2.24) is 10.2 Å². The number of nitrogens with one attached hydrogen (secondary N) is 1. The number of nitrogens with zero attached hydrogens (tertiary/aromatic N) is 1. The van der Waals surface area contributed by atoms with Crippen LogP contribution in [0.1, 0.15) is 5.56 Å². The number of aromatic amines is 1. The molecule has 0 bridgehead atoms. The molecule has 0 atom stereocenters. The lowest BCUT2D eigenvalue weighted by Gasteiger charge is -2.00. The van der Waals surface area contributed by atoms with E-state index >= 15 is 0 Å². The van der Waals surface area contributed by atoms with E-state index in [1.54, 1.807) is 0 Å². The molecule has 2 nitrogen and oxygen atoms in total. The van der Waals surface area contributed by atoms with Crippen molar-refractivity contribution in [1.29, 1.82) is 0 Å². The van der Waals surface area contributed by atoms with Crippen LogP contribution in [0.3, 0.4) is 0 Å². The fourth-order valence-electron chi connectivity index (χ4n) is 2.09. The molecule has 0 fully saturated rings. The third kappa shape index (κ3) is 1.93. The summed E-state index contributed by atoms with van der Waals surface area (Å²) >= 11 is 0. The normalized spacial score (nSPS) is 10.5. The lowest BCUT2D eigenvalue weighted by atomic mass is 10.0. The predicted molar refractivity (Wildman–Crippen MR) is 74.2 cm³/mol. The van der Waals surface area contributed by atoms with Crippen LogP contribution in [0.2, 0.25) is 0 Å². The van der Waals surface area contributed by atoms with E-state index in [9.17, 15) is 0 Å². The van der Waals surface area contributed by atoms with Crippen LogP contribution in [0.15, 0.2) is 60.7 Å². The highest BCUT2D eigenvalue weighted by Gasteiger charge is 2.06. The van der Waals surface area contributed by atoms with E-state index in [1.807, 2.05) is 30.3 Å². The van der Waals surface area contributed by atoms with E-state index in [0.29, 0.717) is 0 Å². The number of benzene rings is 2. The first-order valence-corrected chi connectivity index (χ1v) is 6.01. The molecule has 1 aromatic heterocycles. The van der Waals surface area contributed by atoms with Gasteiger partial charge in [0.2, 0.25) is 0 Å². The molecule has 0 unspecified atom stereocenters. The van der Waals surface area contributed by atoms with Gasteiger partial charge in [-0.1, -0.05) is 54.6 Å². The van der Waals surface area contributed by atoms with Gasteiger partial charge in [0.15, 0.2) is 0 Å². The van der Waals surface area contributed by atoms with E-state index < -0.39 is 0 Å². The number of hydrogen-bond acceptors (Lipinski definition) is 1. The summed E-state index contributed by atoms with van der Waals surface area (Å²) in [6.07, 6.45) is 0. The summed E-state index contributed by atoms with van der Waals surface area (Å²) in [6, 6.07) is 20.6. The van der Waals surface area contributed by atoms with Gasteiger partial charge < -0.3 is 0 Å². The number of aryl methyl sites for hydroxylation is 1. The fraction of sp³-hybridized carbons (Fsp3) is 0.0625. The van der Waals surface area contributed by atoms with E-state index in [1.165, 1.54) is 11.1 Å². The van der Waals surface area contributed by atoms with E-state index in [4.69, 9.17) is 0 Å². The zero-order valence-corrected chi connectivity index (χ0v) is 10.2. The Labute approximate surface area is 106 Å². The van der Waals surface area contributed by atoms with Crippen LogP contribution in [0, 0.1) is 6.92 Å². The van der Waals surface area contributed by atoms with Gasteiger partial charge in [-0.05, 0) is 24.1 Å². The van der Waals surface area contributed by atoms with Crippen molar-refractivity contribution in [3.05, 3.63) is 66.2 Å². The van der Waals surface area contributed by atoms with Crippen molar-refractivity contribution < 1.29 is 0 Å². The van der Waals surface area contributed by atoms with Crippen molar-refractivity contribution in [2.75, 3.05) is 0 Å². The van der Waals surface area contributed by atoms with Gasteiger partial charge in [-0.15, -0.1) is 0 Å². The molecule has 0 aliphatic carbocycles. The highest BCUT2D eigenvalue weighted by Crippen LogP contribution is 2.25. The minimum atomic E-state index is 0.993. The highest BCUT2D eigenvalue weighted by atomic mass is 15.1. The molecule has 3 rings (SSSR count). The maximum absolute atomic E-state index is 4.40. The highest BCUT2D eigenvalue weighted by molar-refractivity contribution is 5.69. The van der Waals surface area contributed by atoms with Crippen molar-refractivity contribution >= 4 is 0 Å². The summed E-state index contributed by atoms with van der Waals surface area (Å²) in [5.41, 5.74) is 5.62.